The number of carbonyl (C=O) groups excluding carboxylic acids is 3. The van der Waals surface area contributed by atoms with Crippen molar-refractivity contribution in [1.29, 1.82) is 0 Å². The molecule has 1 fully saturated rings. The Hall–Kier alpha value is -2.91. The molecule has 0 unspecified atom stereocenters. The van der Waals surface area contributed by atoms with E-state index in [1.807, 2.05) is 0 Å². The highest BCUT2D eigenvalue weighted by Gasteiger charge is 2.31. The third-order valence-electron chi connectivity index (χ3n) is 3.37. The average Bonchev–Trinajstić information content (AvgIpc) is 2.99. The van der Waals surface area contributed by atoms with Gasteiger partial charge in [-0.2, -0.15) is 8.78 Å². The molecule has 0 spiro atoms. The van der Waals surface area contributed by atoms with Crippen molar-refractivity contribution in [2.45, 2.75) is 19.6 Å². The molecule has 1 aromatic carbocycles. The first-order chi connectivity index (χ1) is 11.8. The highest BCUT2D eigenvalue weighted by molar-refractivity contribution is 5.99. The molecule has 1 aliphatic heterocycles. The van der Waals surface area contributed by atoms with Crippen LogP contribution in [0.25, 0.3) is 0 Å². The third kappa shape index (κ3) is 4.34. The molecule has 8 nitrogen and oxygen atoms in total. The first-order valence-electron chi connectivity index (χ1n) is 7.26. The van der Waals surface area contributed by atoms with Crippen molar-refractivity contribution in [3.63, 3.8) is 0 Å². The molecule has 0 aromatic heterocycles. The van der Waals surface area contributed by atoms with Gasteiger partial charge in [-0.3, -0.25) is 9.69 Å². The second-order valence-electron chi connectivity index (χ2n) is 5.01. The Balaban J connectivity index is 2.07. The number of methoxy groups -OCH3 is 1. The number of hydrogen-bond donors (Lipinski definition) is 1. The number of alkyl halides is 2. The molecule has 0 radical (unpaired) electrons. The average molecular weight is 358 g/mol. The normalized spacial score (nSPS) is 14.9. The zero-order valence-corrected chi connectivity index (χ0v) is 13.5. The van der Waals surface area contributed by atoms with Gasteiger partial charge in [0.2, 0.25) is 0 Å². The summed E-state index contributed by atoms with van der Waals surface area (Å²) >= 11 is 0. The summed E-state index contributed by atoms with van der Waals surface area (Å²) in [5.74, 6) is -1.87. The van der Waals surface area contributed by atoms with Gasteiger partial charge >= 0.3 is 18.6 Å². The van der Waals surface area contributed by atoms with E-state index in [4.69, 9.17) is 9.47 Å². The molecule has 10 heteroatoms. The number of rotatable bonds is 6. The van der Waals surface area contributed by atoms with Crippen molar-refractivity contribution in [3.8, 4) is 11.5 Å². The van der Waals surface area contributed by atoms with Crippen LogP contribution in [0.1, 0.15) is 17.3 Å². The Labute approximate surface area is 141 Å². The van der Waals surface area contributed by atoms with Gasteiger partial charge in [0.25, 0.3) is 5.91 Å². The lowest BCUT2D eigenvalue weighted by Crippen LogP contribution is -2.41. The lowest BCUT2D eigenvalue weighted by Gasteiger charge is -2.18. The molecule has 0 bridgehead atoms. The lowest BCUT2D eigenvalue weighted by atomic mass is 10.2. The number of nitrogens with one attached hydrogen (secondary N) is 1. The molecule has 1 aliphatic rings. The fraction of sp³-hybridized carbons (Fsp3) is 0.400. The smallest absolute Gasteiger partial charge is 0.387 e. The molecule has 2 rings (SSSR count). The van der Waals surface area contributed by atoms with Gasteiger partial charge in [0.1, 0.15) is 0 Å². The van der Waals surface area contributed by atoms with Crippen molar-refractivity contribution in [1.82, 2.24) is 10.2 Å². The Morgan fingerprint density at radius 1 is 1.28 bits per heavy atom. The number of imide groups is 1. The van der Waals surface area contributed by atoms with Crippen LogP contribution in [0, 0.1) is 0 Å². The van der Waals surface area contributed by atoms with Gasteiger partial charge in [-0.05, 0) is 25.1 Å². The molecule has 1 heterocycles. The SMILES string of the molecule is COc1cc(C(=O)O[C@@H](C)C(=O)N2CCNC2=O)ccc1OC(F)F. The van der Waals surface area contributed by atoms with E-state index < -0.39 is 30.6 Å². The van der Waals surface area contributed by atoms with Crippen molar-refractivity contribution >= 4 is 17.9 Å². The van der Waals surface area contributed by atoms with Crippen molar-refractivity contribution in [3.05, 3.63) is 23.8 Å². The monoisotopic (exact) mass is 358 g/mol. The van der Waals surface area contributed by atoms with Gasteiger partial charge in [-0.1, -0.05) is 0 Å². The maximum absolute atomic E-state index is 12.3. The molecule has 1 atom stereocenters. The molecule has 3 amide bonds. The summed E-state index contributed by atoms with van der Waals surface area (Å²) in [4.78, 5) is 36.6. The van der Waals surface area contributed by atoms with Crippen LogP contribution in [0.4, 0.5) is 13.6 Å². The summed E-state index contributed by atoms with van der Waals surface area (Å²) in [6.07, 6.45) is -1.20. The molecule has 1 N–H and O–H groups in total. The van der Waals surface area contributed by atoms with E-state index in [9.17, 15) is 23.2 Å². The van der Waals surface area contributed by atoms with E-state index in [0.29, 0.717) is 6.54 Å². The number of ether oxygens (including phenoxy) is 3. The predicted octanol–water partition coefficient (Wildman–Crippen LogP) is 1.39. The molecule has 25 heavy (non-hydrogen) atoms. The van der Waals surface area contributed by atoms with E-state index in [-0.39, 0.29) is 23.6 Å². The number of esters is 1. The van der Waals surface area contributed by atoms with Crippen molar-refractivity contribution in [2.24, 2.45) is 0 Å². The minimum Gasteiger partial charge on any atom is -0.493 e. The zero-order valence-electron chi connectivity index (χ0n) is 13.5. The Kier molecular flexibility index (Phi) is 5.73. The molecule has 0 aliphatic carbocycles. The van der Waals surface area contributed by atoms with Gasteiger partial charge in [-0.25, -0.2) is 9.59 Å². The summed E-state index contributed by atoms with van der Waals surface area (Å²) in [7, 11) is 1.22. The van der Waals surface area contributed by atoms with E-state index in [1.165, 1.54) is 20.1 Å². The fourth-order valence-electron chi connectivity index (χ4n) is 2.17. The van der Waals surface area contributed by atoms with Crippen LogP contribution < -0.4 is 14.8 Å². The van der Waals surface area contributed by atoms with Crippen LogP contribution in [-0.2, 0) is 9.53 Å². The maximum atomic E-state index is 12.3. The van der Waals surface area contributed by atoms with Gasteiger partial charge < -0.3 is 19.5 Å². The number of hydrogen-bond acceptors (Lipinski definition) is 6. The van der Waals surface area contributed by atoms with E-state index >= 15 is 0 Å². The van der Waals surface area contributed by atoms with Crippen molar-refractivity contribution < 1.29 is 37.4 Å². The van der Waals surface area contributed by atoms with Crippen LogP contribution in [-0.4, -0.2) is 55.7 Å². The van der Waals surface area contributed by atoms with Gasteiger partial charge in [0.05, 0.1) is 12.7 Å². The molecule has 1 aromatic rings. The lowest BCUT2D eigenvalue weighted by molar-refractivity contribution is -0.136. The first-order valence-corrected chi connectivity index (χ1v) is 7.26. The summed E-state index contributed by atoms with van der Waals surface area (Å²) in [5, 5.41) is 2.46. The second-order valence-corrected chi connectivity index (χ2v) is 5.01. The minimum atomic E-state index is -3.05. The molecule has 0 saturated carbocycles. The minimum absolute atomic E-state index is 0.0241. The highest BCUT2D eigenvalue weighted by atomic mass is 19.3. The first kappa shape index (κ1) is 18.4. The standard InChI is InChI=1S/C15H16F2N2O6/c1-8(12(20)19-6-5-18-15(19)22)24-13(21)9-3-4-10(25-14(16)17)11(7-9)23-2/h3-4,7-8,14H,5-6H2,1-2H3,(H,18,22)/t8-/m0/s1. The van der Waals surface area contributed by atoms with Gasteiger partial charge in [0, 0.05) is 13.1 Å². The van der Waals surface area contributed by atoms with E-state index in [2.05, 4.69) is 10.1 Å². The number of urea groups is 1. The van der Waals surface area contributed by atoms with Gasteiger partial charge in [0.15, 0.2) is 17.6 Å². The van der Waals surface area contributed by atoms with E-state index in [1.54, 1.807) is 0 Å². The highest BCUT2D eigenvalue weighted by Crippen LogP contribution is 2.29. The number of halogens is 2. The number of benzene rings is 1. The summed E-state index contributed by atoms with van der Waals surface area (Å²) in [6.45, 7) is -1.20. The number of amides is 3. The summed E-state index contributed by atoms with van der Waals surface area (Å²) < 4.78 is 38.8. The maximum Gasteiger partial charge on any atom is 0.387 e. The molecular formula is C15H16F2N2O6. The van der Waals surface area contributed by atoms with Gasteiger partial charge in [-0.15, -0.1) is 0 Å². The van der Waals surface area contributed by atoms with Crippen LogP contribution in [0.3, 0.4) is 0 Å². The quantitative estimate of drug-likeness (QED) is 0.773. The zero-order chi connectivity index (χ0) is 18.6. The second kappa shape index (κ2) is 7.77. The molecule has 1 saturated heterocycles. The van der Waals surface area contributed by atoms with Crippen LogP contribution in [0.15, 0.2) is 18.2 Å². The van der Waals surface area contributed by atoms with Crippen LogP contribution in [0.2, 0.25) is 0 Å². The Bertz CT molecular complexity index is 682. The molecular weight excluding hydrogens is 342 g/mol. The van der Waals surface area contributed by atoms with Crippen molar-refractivity contribution in [2.75, 3.05) is 20.2 Å². The Morgan fingerprint density at radius 2 is 2.00 bits per heavy atom. The summed E-state index contributed by atoms with van der Waals surface area (Å²) in [6, 6.07) is 2.92. The topological polar surface area (TPSA) is 94.2 Å². The third-order valence-corrected chi connectivity index (χ3v) is 3.37. The van der Waals surface area contributed by atoms with Crippen LogP contribution >= 0.6 is 0 Å². The largest absolute Gasteiger partial charge is 0.493 e. The van der Waals surface area contributed by atoms with Crippen LogP contribution in [0.5, 0.6) is 11.5 Å². The Morgan fingerprint density at radius 3 is 2.56 bits per heavy atom. The number of carbonyl (C=O) groups is 3. The fourth-order valence-corrected chi connectivity index (χ4v) is 2.17. The predicted molar refractivity (Wildman–Crippen MR) is 79.6 cm³/mol. The molecule has 136 valence electrons. The number of nitrogens with zero attached hydrogens (tertiary/aromatic N) is 1. The summed E-state index contributed by atoms with van der Waals surface area (Å²) in [5.41, 5.74) is -0.0241. The van der Waals surface area contributed by atoms with E-state index in [0.717, 1.165) is 17.0 Å².